The first-order valence-electron chi connectivity index (χ1n) is 11.2. The summed E-state index contributed by atoms with van der Waals surface area (Å²) in [7, 11) is 0. The largest absolute Gasteiger partial charge is 0.490 e. The second kappa shape index (κ2) is 12.7. The van der Waals surface area contributed by atoms with Gasteiger partial charge in [-0.05, 0) is 42.2 Å². The average molecular weight is 459 g/mol. The van der Waals surface area contributed by atoms with E-state index in [0.29, 0.717) is 18.4 Å². The Hall–Kier alpha value is -2.31. The maximum atomic E-state index is 14.3. The van der Waals surface area contributed by atoms with E-state index in [1.807, 2.05) is 6.92 Å². The van der Waals surface area contributed by atoms with E-state index in [2.05, 4.69) is 6.92 Å². The van der Waals surface area contributed by atoms with Crippen LogP contribution >= 0.6 is 0 Å². The molecule has 0 aliphatic heterocycles. The molecule has 0 saturated heterocycles. The number of benzene rings is 2. The Morgan fingerprint density at radius 2 is 1.44 bits per heavy atom. The highest BCUT2D eigenvalue weighted by atomic mass is 19.3. The highest BCUT2D eigenvalue weighted by Gasteiger charge is 2.31. The number of ether oxygens (including phenoxy) is 2. The molecule has 178 valence electrons. The molecule has 0 radical (unpaired) electrons. The molecule has 0 fully saturated rings. The summed E-state index contributed by atoms with van der Waals surface area (Å²) in [5, 5.41) is 0. The molecule has 0 aliphatic rings. The van der Waals surface area contributed by atoms with Crippen LogP contribution in [0.1, 0.15) is 63.5 Å². The molecule has 0 aromatic heterocycles. The minimum atomic E-state index is -3.39. The maximum absolute atomic E-state index is 14.3. The van der Waals surface area contributed by atoms with E-state index < -0.39 is 42.2 Å². The standard InChI is InChI=1S/C25H31F5O2/c1-3-5-6-7-8-14-31-21-12-13-22(24(28)23(21)27)32-17-25(29,30)16-18-10-11-19(9-4-2)20(26)15-18/h10-13,15H,3-9,14,16-17H2,1-2H3. The lowest BCUT2D eigenvalue weighted by Crippen LogP contribution is -2.28. The molecule has 32 heavy (non-hydrogen) atoms. The van der Waals surface area contributed by atoms with E-state index in [1.165, 1.54) is 18.2 Å². The van der Waals surface area contributed by atoms with Gasteiger partial charge in [0.25, 0.3) is 5.92 Å². The molecule has 0 heterocycles. The number of unbranched alkanes of at least 4 members (excludes halogenated alkanes) is 4. The van der Waals surface area contributed by atoms with Crippen LogP contribution in [-0.4, -0.2) is 19.1 Å². The molecule has 2 aromatic rings. The van der Waals surface area contributed by atoms with Crippen molar-refractivity contribution in [2.24, 2.45) is 0 Å². The van der Waals surface area contributed by atoms with Crippen molar-refractivity contribution < 1.29 is 31.4 Å². The third-order valence-electron chi connectivity index (χ3n) is 5.06. The number of alkyl halides is 2. The quantitative estimate of drug-likeness (QED) is 0.214. The number of hydrogen-bond acceptors (Lipinski definition) is 2. The monoisotopic (exact) mass is 458 g/mol. The molecule has 2 aromatic carbocycles. The van der Waals surface area contributed by atoms with Crippen LogP contribution in [0.15, 0.2) is 30.3 Å². The zero-order valence-electron chi connectivity index (χ0n) is 18.7. The molecule has 2 nitrogen and oxygen atoms in total. The molecule has 0 saturated carbocycles. The van der Waals surface area contributed by atoms with Crippen LogP contribution in [0.2, 0.25) is 0 Å². The van der Waals surface area contributed by atoms with Gasteiger partial charge in [-0.2, -0.15) is 8.78 Å². The van der Waals surface area contributed by atoms with E-state index in [1.54, 1.807) is 0 Å². The first-order valence-corrected chi connectivity index (χ1v) is 11.2. The fourth-order valence-corrected chi connectivity index (χ4v) is 3.33. The summed E-state index contributed by atoms with van der Waals surface area (Å²) in [4.78, 5) is 0. The Kier molecular flexibility index (Phi) is 10.3. The minimum absolute atomic E-state index is 0.102. The van der Waals surface area contributed by atoms with Gasteiger partial charge in [-0.3, -0.25) is 0 Å². The van der Waals surface area contributed by atoms with Crippen LogP contribution in [0, 0.1) is 17.5 Å². The van der Waals surface area contributed by atoms with Gasteiger partial charge in [0, 0.05) is 6.42 Å². The second-order valence-electron chi connectivity index (χ2n) is 7.95. The predicted octanol–water partition coefficient (Wildman–Crippen LogP) is 7.66. The van der Waals surface area contributed by atoms with Crippen molar-refractivity contribution in [3.05, 3.63) is 58.9 Å². The fourth-order valence-electron chi connectivity index (χ4n) is 3.33. The van der Waals surface area contributed by atoms with Crippen molar-refractivity contribution in [3.63, 3.8) is 0 Å². The first-order chi connectivity index (χ1) is 15.3. The molecular weight excluding hydrogens is 427 g/mol. The van der Waals surface area contributed by atoms with Gasteiger partial charge in [-0.1, -0.05) is 58.1 Å². The summed E-state index contributed by atoms with van der Waals surface area (Å²) >= 11 is 0. The van der Waals surface area contributed by atoms with Crippen molar-refractivity contribution in [2.75, 3.05) is 13.2 Å². The van der Waals surface area contributed by atoms with E-state index in [4.69, 9.17) is 9.47 Å². The van der Waals surface area contributed by atoms with Gasteiger partial charge in [-0.15, -0.1) is 0 Å². The van der Waals surface area contributed by atoms with Gasteiger partial charge in [0.15, 0.2) is 18.1 Å². The van der Waals surface area contributed by atoms with Gasteiger partial charge in [0.1, 0.15) is 5.82 Å². The Balaban J connectivity index is 1.91. The molecule has 2 rings (SSSR count). The van der Waals surface area contributed by atoms with Gasteiger partial charge in [0.2, 0.25) is 11.6 Å². The van der Waals surface area contributed by atoms with E-state index in [9.17, 15) is 22.0 Å². The van der Waals surface area contributed by atoms with E-state index in [0.717, 1.165) is 44.2 Å². The first kappa shape index (κ1) is 25.9. The number of aryl methyl sites for hydroxylation is 1. The normalized spacial score (nSPS) is 11.6. The summed E-state index contributed by atoms with van der Waals surface area (Å²) in [6.07, 6.45) is 5.39. The molecule has 7 heteroatoms. The van der Waals surface area contributed by atoms with Gasteiger partial charge in [-0.25, -0.2) is 13.2 Å². The van der Waals surface area contributed by atoms with Gasteiger partial charge >= 0.3 is 0 Å². The number of rotatable bonds is 14. The van der Waals surface area contributed by atoms with Crippen molar-refractivity contribution in [1.29, 1.82) is 0 Å². The molecule has 0 atom stereocenters. The van der Waals surface area contributed by atoms with Crippen molar-refractivity contribution >= 4 is 0 Å². The predicted molar refractivity (Wildman–Crippen MR) is 115 cm³/mol. The lowest BCUT2D eigenvalue weighted by atomic mass is 10.0. The topological polar surface area (TPSA) is 18.5 Å². The number of hydrogen-bond donors (Lipinski definition) is 0. The van der Waals surface area contributed by atoms with Gasteiger partial charge < -0.3 is 9.47 Å². The van der Waals surface area contributed by atoms with Crippen LogP contribution in [0.3, 0.4) is 0 Å². The SMILES string of the molecule is CCCCCCCOc1ccc(OCC(F)(F)Cc2ccc(CCC)c(F)c2)c(F)c1F. The lowest BCUT2D eigenvalue weighted by Gasteiger charge is -2.18. The number of halogens is 5. The van der Waals surface area contributed by atoms with Crippen LogP contribution in [0.5, 0.6) is 11.5 Å². The van der Waals surface area contributed by atoms with Crippen LogP contribution in [0.4, 0.5) is 22.0 Å². The van der Waals surface area contributed by atoms with E-state index in [-0.39, 0.29) is 17.9 Å². The summed E-state index contributed by atoms with van der Waals surface area (Å²) in [6, 6.07) is 6.24. The highest BCUT2D eigenvalue weighted by Crippen LogP contribution is 2.30. The minimum Gasteiger partial charge on any atom is -0.490 e. The maximum Gasteiger partial charge on any atom is 0.285 e. The lowest BCUT2D eigenvalue weighted by molar-refractivity contribution is -0.0411. The second-order valence-corrected chi connectivity index (χ2v) is 7.95. The smallest absolute Gasteiger partial charge is 0.285 e. The van der Waals surface area contributed by atoms with Gasteiger partial charge in [0.05, 0.1) is 6.61 Å². The Bertz CT molecular complexity index is 854. The fraction of sp³-hybridized carbons (Fsp3) is 0.520. The Labute approximate surface area is 186 Å². The average Bonchev–Trinajstić information content (AvgIpc) is 2.74. The van der Waals surface area contributed by atoms with Crippen LogP contribution in [0.25, 0.3) is 0 Å². The summed E-state index contributed by atoms with van der Waals surface area (Å²) in [5.74, 6) is -7.47. The molecule has 0 amide bonds. The Morgan fingerprint density at radius 3 is 2.06 bits per heavy atom. The molecular formula is C25H31F5O2. The summed E-state index contributed by atoms with van der Waals surface area (Å²) < 4.78 is 81.1. The summed E-state index contributed by atoms with van der Waals surface area (Å²) in [6.45, 7) is 3.07. The zero-order valence-corrected chi connectivity index (χ0v) is 18.7. The van der Waals surface area contributed by atoms with Crippen molar-refractivity contribution in [3.8, 4) is 11.5 Å². The highest BCUT2D eigenvalue weighted by molar-refractivity contribution is 5.35. The summed E-state index contributed by atoms with van der Waals surface area (Å²) in [5.41, 5.74) is 0.571. The molecule has 0 N–H and O–H groups in total. The van der Waals surface area contributed by atoms with E-state index >= 15 is 0 Å². The van der Waals surface area contributed by atoms with Crippen molar-refractivity contribution in [2.45, 2.75) is 71.1 Å². The molecule has 0 spiro atoms. The Morgan fingerprint density at radius 1 is 0.781 bits per heavy atom. The third-order valence-corrected chi connectivity index (χ3v) is 5.06. The van der Waals surface area contributed by atoms with Crippen LogP contribution < -0.4 is 9.47 Å². The van der Waals surface area contributed by atoms with Crippen LogP contribution in [-0.2, 0) is 12.8 Å². The molecule has 0 bridgehead atoms. The molecule has 0 unspecified atom stereocenters. The zero-order chi connectivity index (χ0) is 23.6. The van der Waals surface area contributed by atoms with Crippen molar-refractivity contribution in [1.82, 2.24) is 0 Å². The third kappa shape index (κ3) is 7.99. The molecule has 0 aliphatic carbocycles.